The maximum absolute atomic E-state index is 13.3. The quantitative estimate of drug-likeness (QED) is 0.476. The lowest BCUT2D eigenvalue weighted by Gasteiger charge is -2.25. The molecular weight excluding hydrogens is 400 g/mol. The molecule has 0 saturated heterocycles. The van der Waals surface area contributed by atoms with Crippen molar-refractivity contribution in [3.05, 3.63) is 90.3 Å². The van der Waals surface area contributed by atoms with E-state index in [4.69, 9.17) is 9.72 Å². The highest BCUT2D eigenvalue weighted by Crippen LogP contribution is 2.25. The number of aromatic nitrogens is 2. The van der Waals surface area contributed by atoms with E-state index >= 15 is 0 Å². The van der Waals surface area contributed by atoms with Crippen molar-refractivity contribution in [3.63, 3.8) is 0 Å². The van der Waals surface area contributed by atoms with E-state index < -0.39 is 0 Å². The first-order valence-corrected chi connectivity index (χ1v) is 10.5. The number of benzene rings is 2. The minimum atomic E-state index is -0.130. The number of nitrogens with one attached hydrogen (secondary N) is 1. The third kappa shape index (κ3) is 4.60. The summed E-state index contributed by atoms with van der Waals surface area (Å²) in [5, 5.41) is 3.95. The Morgan fingerprint density at radius 3 is 2.53 bits per heavy atom. The summed E-state index contributed by atoms with van der Waals surface area (Å²) in [7, 11) is 5.66. The van der Waals surface area contributed by atoms with Gasteiger partial charge in [-0.3, -0.25) is 9.78 Å². The highest BCUT2D eigenvalue weighted by molar-refractivity contribution is 6.07. The highest BCUT2D eigenvalue weighted by atomic mass is 16.5. The van der Waals surface area contributed by atoms with Gasteiger partial charge < -0.3 is 15.0 Å². The Kier molecular flexibility index (Phi) is 6.42. The number of fused-ring (bicyclic) bond motifs is 1. The van der Waals surface area contributed by atoms with Crippen LogP contribution in [0.2, 0.25) is 0 Å². The minimum Gasteiger partial charge on any atom is -0.497 e. The Labute approximate surface area is 187 Å². The molecule has 0 aliphatic carbocycles. The number of hydrogen-bond donors (Lipinski definition) is 1. The molecule has 4 rings (SSSR count). The smallest absolute Gasteiger partial charge is 0.252 e. The molecule has 0 radical (unpaired) electrons. The van der Waals surface area contributed by atoms with E-state index in [0.29, 0.717) is 12.1 Å². The van der Waals surface area contributed by atoms with E-state index in [0.717, 1.165) is 33.5 Å². The number of ether oxygens (including phenoxy) is 1. The monoisotopic (exact) mass is 426 g/mol. The van der Waals surface area contributed by atoms with Crippen molar-refractivity contribution < 1.29 is 9.53 Å². The van der Waals surface area contributed by atoms with Crippen molar-refractivity contribution >= 4 is 16.8 Å². The molecule has 1 amide bonds. The van der Waals surface area contributed by atoms with Crippen LogP contribution in [-0.2, 0) is 0 Å². The number of hydrogen-bond acceptors (Lipinski definition) is 5. The molecule has 2 heterocycles. The normalized spacial score (nSPS) is 12.0. The average molecular weight is 427 g/mol. The fourth-order valence-corrected chi connectivity index (χ4v) is 3.73. The number of likely N-dealkylation sites (N-methyl/N-ethyl adjacent to an activating group) is 1. The van der Waals surface area contributed by atoms with Gasteiger partial charge in [0.15, 0.2) is 0 Å². The molecular formula is C26H26N4O2. The largest absolute Gasteiger partial charge is 0.497 e. The predicted octanol–water partition coefficient (Wildman–Crippen LogP) is 4.34. The van der Waals surface area contributed by atoms with Crippen LogP contribution < -0.4 is 10.1 Å². The van der Waals surface area contributed by atoms with Crippen LogP contribution in [0.5, 0.6) is 5.75 Å². The maximum Gasteiger partial charge on any atom is 0.252 e. The van der Waals surface area contributed by atoms with Crippen LogP contribution in [0.1, 0.15) is 22.0 Å². The van der Waals surface area contributed by atoms with Crippen LogP contribution in [0.25, 0.3) is 22.2 Å². The molecule has 6 nitrogen and oxygen atoms in total. The average Bonchev–Trinajstić information content (AvgIpc) is 2.84. The Morgan fingerprint density at radius 1 is 1.06 bits per heavy atom. The van der Waals surface area contributed by atoms with Crippen molar-refractivity contribution in [1.29, 1.82) is 0 Å². The Bertz CT molecular complexity index is 1210. The first-order chi connectivity index (χ1) is 15.6. The number of pyridine rings is 2. The molecule has 4 aromatic rings. The summed E-state index contributed by atoms with van der Waals surface area (Å²) in [6.07, 6.45) is 3.48. The predicted molar refractivity (Wildman–Crippen MR) is 127 cm³/mol. The highest BCUT2D eigenvalue weighted by Gasteiger charge is 2.18. The SMILES string of the molecule is COc1ccc(C(CNC(=O)c2cc(-c3cccnc3)nc3ccccc23)N(C)C)cc1. The van der Waals surface area contributed by atoms with Gasteiger partial charge in [0.1, 0.15) is 5.75 Å². The summed E-state index contributed by atoms with van der Waals surface area (Å²) < 4.78 is 5.26. The topological polar surface area (TPSA) is 67.3 Å². The van der Waals surface area contributed by atoms with Crippen LogP contribution in [0.4, 0.5) is 0 Å². The van der Waals surface area contributed by atoms with E-state index in [1.165, 1.54) is 0 Å². The van der Waals surface area contributed by atoms with Gasteiger partial charge in [-0.15, -0.1) is 0 Å². The number of amides is 1. The van der Waals surface area contributed by atoms with Crippen LogP contribution in [0.15, 0.2) is 79.1 Å². The number of carbonyl (C=O) groups is 1. The first-order valence-electron chi connectivity index (χ1n) is 10.5. The molecule has 2 aromatic heterocycles. The van der Waals surface area contributed by atoms with Gasteiger partial charge in [0.2, 0.25) is 0 Å². The molecule has 0 saturated carbocycles. The van der Waals surface area contributed by atoms with Gasteiger partial charge in [0.25, 0.3) is 5.91 Å². The summed E-state index contributed by atoms with van der Waals surface area (Å²) in [5.74, 6) is 0.676. The van der Waals surface area contributed by atoms with Crippen molar-refractivity contribution in [1.82, 2.24) is 20.2 Å². The lowest BCUT2D eigenvalue weighted by molar-refractivity contribution is 0.0943. The zero-order valence-corrected chi connectivity index (χ0v) is 18.4. The number of methoxy groups -OCH3 is 1. The molecule has 0 fully saturated rings. The lowest BCUT2D eigenvalue weighted by atomic mass is 10.0. The number of carbonyl (C=O) groups excluding carboxylic acids is 1. The Morgan fingerprint density at radius 2 is 1.84 bits per heavy atom. The molecule has 1 N–H and O–H groups in total. The summed E-state index contributed by atoms with van der Waals surface area (Å²) >= 11 is 0. The van der Waals surface area contributed by atoms with Gasteiger partial charge >= 0.3 is 0 Å². The van der Waals surface area contributed by atoms with E-state index in [-0.39, 0.29) is 11.9 Å². The van der Waals surface area contributed by atoms with E-state index in [2.05, 4.69) is 15.2 Å². The van der Waals surface area contributed by atoms with Gasteiger partial charge in [-0.2, -0.15) is 0 Å². The molecule has 1 unspecified atom stereocenters. The second kappa shape index (κ2) is 9.58. The Hall–Kier alpha value is -3.77. The molecule has 6 heteroatoms. The van der Waals surface area contributed by atoms with Gasteiger partial charge in [-0.05, 0) is 56.1 Å². The molecule has 162 valence electrons. The fraction of sp³-hybridized carbons (Fsp3) is 0.192. The number of rotatable bonds is 7. The molecule has 0 aliphatic rings. The zero-order valence-electron chi connectivity index (χ0n) is 18.4. The second-order valence-electron chi connectivity index (χ2n) is 7.78. The summed E-state index contributed by atoms with van der Waals surface area (Å²) in [6.45, 7) is 0.469. The number of para-hydroxylation sites is 1. The summed E-state index contributed by atoms with van der Waals surface area (Å²) in [6, 6.07) is 21.3. The van der Waals surface area contributed by atoms with Crippen molar-refractivity contribution in [3.8, 4) is 17.0 Å². The zero-order chi connectivity index (χ0) is 22.5. The fourth-order valence-electron chi connectivity index (χ4n) is 3.73. The molecule has 2 aromatic carbocycles. The minimum absolute atomic E-state index is 0.0238. The first kappa shape index (κ1) is 21.5. The van der Waals surface area contributed by atoms with Crippen molar-refractivity contribution in [2.45, 2.75) is 6.04 Å². The summed E-state index contributed by atoms with van der Waals surface area (Å²) in [5.41, 5.74) is 4.07. The van der Waals surface area contributed by atoms with Crippen LogP contribution in [0.3, 0.4) is 0 Å². The van der Waals surface area contributed by atoms with Crippen LogP contribution in [-0.4, -0.2) is 48.5 Å². The molecule has 0 aliphatic heterocycles. The summed E-state index contributed by atoms with van der Waals surface area (Å²) in [4.78, 5) is 24.3. The standard InChI is InChI=1S/C26H26N4O2/c1-30(2)25(18-10-12-20(32-3)13-11-18)17-28-26(31)22-15-24(19-7-6-14-27-16-19)29-23-9-5-4-8-21(22)23/h4-16,25H,17H2,1-3H3,(H,28,31). The van der Waals surface area contributed by atoms with Gasteiger partial charge in [0.05, 0.1) is 29.9 Å². The number of nitrogens with zero attached hydrogens (tertiary/aromatic N) is 3. The molecule has 0 spiro atoms. The van der Waals surface area contributed by atoms with Gasteiger partial charge in [-0.1, -0.05) is 30.3 Å². The third-order valence-corrected chi connectivity index (χ3v) is 5.50. The third-order valence-electron chi connectivity index (χ3n) is 5.50. The lowest BCUT2D eigenvalue weighted by Crippen LogP contribution is -2.34. The molecule has 1 atom stereocenters. The maximum atomic E-state index is 13.3. The van der Waals surface area contributed by atoms with Gasteiger partial charge in [0, 0.05) is 29.9 Å². The van der Waals surface area contributed by atoms with Crippen LogP contribution >= 0.6 is 0 Å². The van der Waals surface area contributed by atoms with Crippen molar-refractivity contribution in [2.24, 2.45) is 0 Å². The van der Waals surface area contributed by atoms with Crippen LogP contribution in [0, 0.1) is 0 Å². The van der Waals surface area contributed by atoms with E-state index in [9.17, 15) is 4.79 Å². The second-order valence-corrected chi connectivity index (χ2v) is 7.78. The van der Waals surface area contributed by atoms with E-state index in [1.807, 2.05) is 80.8 Å². The molecule has 32 heavy (non-hydrogen) atoms. The Balaban J connectivity index is 1.62. The molecule has 0 bridgehead atoms. The van der Waals surface area contributed by atoms with Crippen molar-refractivity contribution in [2.75, 3.05) is 27.7 Å². The van der Waals surface area contributed by atoms with E-state index in [1.54, 1.807) is 19.5 Å². The van der Waals surface area contributed by atoms with Gasteiger partial charge in [-0.25, -0.2) is 4.98 Å².